The summed E-state index contributed by atoms with van der Waals surface area (Å²) in [7, 11) is 2.62. The van der Waals surface area contributed by atoms with Crippen LogP contribution < -0.4 is 10.8 Å². The van der Waals surface area contributed by atoms with Gasteiger partial charge in [-0.15, -0.1) is 0 Å². The van der Waals surface area contributed by atoms with E-state index in [0.717, 1.165) is 10.4 Å². The third-order valence-corrected chi connectivity index (χ3v) is 4.23. The van der Waals surface area contributed by atoms with Gasteiger partial charge in [-0.3, -0.25) is 19.6 Å². The van der Waals surface area contributed by atoms with Crippen molar-refractivity contribution in [1.82, 2.24) is 20.7 Å². The molecule has 1 unspecified atom stereocenters. The summed E-state index contributed by atoms with van der Waals surface area (Å²) in [4.78, 5) is 41.7. The molecule has 1 aromatic heterocycles. The van der Waals surface area contributed by atoms with Crippen LogP contribution in [-0.2, 0) is 9.59 Å². The van der Waals surface area contributed by atoms with E-state index in [-0.39, 0.29) is 5.56 Å². The number of para-hydroxylation sites is 2. The Balaban J connectivity index is 1.84. The first kappa shape index (κ1) is 19.1. The van der Waals surface area contributed by atoms with Crippen LogP contribution >= 0.6 is 0 Å². The van der Waals surface area contributed by atoms with Gasteiger partial charge in [0.1, 0.15) is 5.52 Å². The van der Waals surface area contributed by atoms with Crippen molar-refractivity contribution in [1.29, 1.82) is 0 Å². The maximum absolute atomic E-state index is 12.7. The summed E-state index contributed by atoms with van der Waals surface area (Å²) in [5, 5.41) is 11.1. The molecule has 0 radical (unpaired) electrons. The Kier molecular flexibility index (Phi) is 5.37. The first-order valence-electron chi connectivity index (χ1n) is 8.35. The average Bonchev–Trinajstić information content (AvgIpc) is 3.17. The van der Waals surface area contributed by atoms with Gasteiger partial charge in [0.25, 0.3) is 17.7 Å². The number of hydrogen-bond donors (Lipinski definition) is 3. The van der Waals surface area contributed by atoms with Crippen LogP contribution in [0.3, 0.4) is 0 Å². The molecule has 0 bridgehead atoms. The van der Waals surface area contributed by atoms with E-state index in [1.807, 2.05) is 24.3 Å². The molecule has 0 spiro atoms. The van der Waals surface area contributed by atoms with E-state index < -0.39 is 23.8 Å². The molecule has 9 heteroatoms. The zero-order valence-corrected chi connectivity index (χ0v) is 15.2. The number of amides is 3. The van der Waals surface area contributed by atoms with Gasteiger partial charge in [0, 0.05) is 25.2 Å². The lowest BCUT2D eigenvalue weighted by molar-refractivity contribution is -0.140. The van der Waals surface area contributed by atoms with Gasteiger partial charge in [-0.2, -0.15) is 0 Å². The molecular weight excluding hydrogens is 364 g/mol. The predicted octanol–water partition coefficient (Wildman–Crippen LogP) is 1.19. The molecular formula is C19H18N4O5. The van der Waals surface area contributed by atoms with Gasteiger partial charge in [-0.05, 0) is 36.4 Å². The smallest absolute Gasteiger partial charge is 0.275 e. The van der Waals surface area contributed by atoms with E-state index in [0.29, 0.717) is 17.0 Å². The third-order valence-electron chi connectivity index (χ3n) is 4.23. The second-order valence-corrected chi connectivity index (χ2v) is 5.97. The molecule has 0 aliphatic heterocycles. The van der Waals surface area contributed by atoms with Crippen molar-refractivity contribution < 1.29 is 24.0 Å². The summed E-state index contributed by atoms with van der Waals surface area (Å²) in [5.41, 5.74) is 3.70. The second-order valence-electron chi connectivity index (χ2n) is 5.97. The van der Waals surface area contributed by atoms with Crippen LogP contribution in [0.25, 0.3) is 22.6 Å². The number of nitrogens with zero attached hydrogens (tertiary/aromatic N) is 2. The molecule has 3 N–H and O–H groups in total. The van der Waals surface area contributed by atoms with Crippen LogP contribution in [0.5, 0.6) is 0 Å². The zero-order chi connectivity index (χ0) is 20.3. The zero-order valence-electron chi connectivity index (χ0n) is 15.2. The van der Waals surface area contributed by atoms with Gasteiger partial charge in [0.2, 0.25) is 5.89 Å². The molecule has 0 saturated carbocycles. The van der Waals surface area contributed by atoms with Crippen LogP contribution in [0.1, 0.15) is 10.4 Å². The Labute approximate surface area is 159 Å². The average molecular weight is 382 g/mol. The molecule has 28 heavy (non-hydrogen) atoms. The predicted molar refractivity (Wildman–Crippen MR) is 99.3 cm³/mol. The lowest BCUT2D eigenvalue weighted by atomic mass is 10.1. The van der Waals surface area contributed by atoms with Gasteiger partial charge < -0.3 is 14.6 Å². The van der Waals surface area contributed by atoms with E-state index >= 15 is 0 Å². The number of likely N-dealkylation sites (N-methyl/N-ethyl adjacent to an activating group) is 2. The maximum atomic E-state index is 12.7. The fourth-order valence-corrected chi connectivity index (χ4v) is 2.74. The highest BCUT2D eigenvalue weighted by Gasteiger charge is 2.33. The van der Waals surface area contributed by atoms with Crippen LogP contribution in [0, 0.1) is 0 Å². The molecule has 0 saturated heterocycles. The Morgan fingerprint density at radius 3 is 2.36 bits per heavy atom. The topological polar surface area (TPSA) is 125 Å². The monoisotopic (exact) mass is 382 g/mol. The number of benzene rings is 2. The van der Waals surface area contributed by atoms with Gasteiger partial charge in [-0.1, -0.05) is 12.1 Å². The highest BCUT2D eigenvalue weighted by molar-refractivity contribution is 6.08. The molecule has 3 rings (SSSR count). The van der Waals surface area contributed by atoms with Crippen LogP contribution in [0.15, 0.2) is 52.9 Å². The molecule has 1 atom stereocenters. The van der Waals surface area contributed by atoms with Crippen LogP contribution in [0.4, 0.5) is 0 Å². The highest BCUT2D eigenvalue weighted by atomic mass is 16.5. The van der Waals surface area contributed by atoms with Crippen molar-refractivity contribution in [2.75, 3.05) is 14.1 Å². The van der Waals surface area contributed by atoms with Crippen molar-refractivity contribution in [3.63, 3.8) is 0 Å². The number of fused-ring (bicyclic) bond motifs is 1. The van der Waals surface area contributed by atoms with E-state index in [9.17, 15) is 14.4 Å². The first-order valence-corrected chi connectivity index (χ1v) is 8.35. The molecule has 144 valence electrons. The number of nitrogens with one attached hydrogen (secondary N) is 2. The molecule has 1 heterocycles. The molecule has 0 aliphatic carbocycles. The van der Waals surface area contributed by atoms with Gasteiger partial charge in [0.05, 0.1) is 0 Å². The summed E-state index contributed by atoms with van der Waals surface area (Å²) < 4.78 is 5.69. The van der Waals surface area contributed by atoms with E-state index in [4.69, 9.17) is 9.62 Å². The lowest BCUT2D eigenvalue weighted by Crippen LogP contribution is -2.54. The molecule has 3 amide bonds. The minimum atomic E-state index is -1.51. The number of hydroxylamine groups is 1. The Morgan fingerprint density at radius 2 is 1.75 bits per heavy atom. The minimum Gasteiger partial charge on any atom is -0.436 e. The SMILES string of the molecule is CNC(=O)C(C(=O)NO)N(C)C(=O)c1ccc(-c2nc3ccccc3o2)cc1. The molecule has 0 aliphatic rings. The van der Waals surface area contributed by atoms with Crippen molar-refractivity contribution >= 4 is 28.8 Å². The minimum absolute atomic E-state index is 0.252. The molecule has 0 fully saturated rings. The van der Waals surface area contributed by atoms with Gasteiger partial charge in [0.15, 0.2) is 11.6 Å². The Bertz CT molecular complexity index is 979. The van der Waals surface area contributed by atoms with E-state index in [1.54, 1.807) is 24.3 Å². The van der Waals surface area contributed by atoms with Crippen molar-refractivity contribution in [3.05, 3.63) is 54.1 Å². The number of aromatic nitrogens is 1. The summed E-state index contributed by atoms with van der Waals surface area (Å²) in [6.07, 6.45) is 0. The summed E-state index contributed by atoms with van der Waals surface area (Å²) in [5.74, 6) is -1.90. The van der Waals surface area contributed by atoms with Gasteiger partial charge in [-0.25, -0.2) is 10.5 Å². The summed E-state index contributed by atoms with van der Waals surface area (Å²) >= 11 is 0. The second kappa shape index (κ2) is 7.89. The van der Waals surface area contributed by atoms with E-state index in [1.165, 1.54) is 19.6 Å². The van der Waals surface area contributed by atoms with Crippen molar-refractivity contribution in [2.24, 2.45) is 0 Å². The van der Waals surface area contributed by atoms with Crippen molar-refractivity contribution in [3.8, 4) is 11.5 Å². The number of oxazole rings is 1. The normalized spacial score (nSPS) is 11.7. The fraction of sp³-hybridized carbons (Fsp3) is 0.158. The highest BCUT2D eigenvalue weighted by Crippen LogP contribution is 2.24. The first-order chi connectivity index (χ1) is 13.5. The van der Waals surface area contributed by atoms with E-state index in [2.05, 4.69) is 10.3 Å². The summed E-state index contributed by atoms with van der Waals surface area (Å²) in [6.45, 7) is 0. The number of rotatable bonds is 5. The number of carbonyl (C=O) groups is 3. The molecule has 3 aromatic rings. The Hall–Kier alpha value is -3.72. The summed E-state index contributed by atoms with van der Waals surface area (Å²) in [6, 6.07) is 12.2. The van der Waals surface area contributed by atoms with Gasteiger partial charge >= 0.3 is 0 Å². The Morgan fingerprint density at radius 1 is 1.07 bits per heavy atom. The largest absolute Gasteiger partial charge is 0.436 e. The maximum Gasteiger partial charge on any atom is 0.275 e. The molecule has 2 aromatic carbocycles. The lowest BCUT2D eigenvalue weighted by Gasteiger charge is -2.25. The van der Waals surface area contributed by atoms with Crippen LogP contribution in [0.2, 0.25) is 0 Å². The van der Waals surface area contributed by atoms with Crippen molar-refractivity contribution in [2.45, 2.75) is 6.04 Å². The van der Waals surface area contributed by atoms with Crippen LogP contribution in [-0.4, -0.2) is 52.9 Å². The molecule has 9 nitrogen and oxygen atoms in total. The third kappa shape index (κ3) is 3.55. The number of carbonyl (C=O) groups excluding carboxylic acids is 3. The number of hydrogen-bond acceptors (Lipinski definition) is 6. The standard InChI is InChI=1S/C19H18N4O5/c1-20-16(24)15(17(25)22-27)23(2)19(26)12-9-7-11(8-10-12)18-21-13-5-3-4-6-14(13)28-18/h3-10,15,27H,1-2H3,(H,20,24)(H,22,25). The fourth-order valence-electron chi connectivity index (χ4n) is 2.74. The quantitative estimate of drug-likeness (QED) is 0.346.